The smallest absolute Gasteiger partial charge is 0.327 e. The van der Waals surface area contributed by atoms with Crippen LogP contribution in [0.25, 0.3) is 0 Å². The molecule has 2 N–H and O–H groups in total. The minimum absolute atomic E-state index is 0.147. The molecule has 0 spiro atoms. The number of carboxylic acid groups (broad SMARTS) is 1. The van der Waals surface area contributed by atoms with Gasteiger partial charge in [0.1, 0.15) is 4.21 Å². The van der Waals surface area contributed by atoms with Gasteiger partial charge in [0.05, 0.1) is 6.61 Å². The van der Waals surface area contributed by atoms with E-state index in [4.69, 9.17) is 4.74 Å². The predicted octanol–water partition coefficient (Wildman–Crippen LogP) is 0.969. The molecule has 1 aliphatic rings. The van der Waals surface area contributed by atoms with Crippen LogP contribution in [0, 0.1) is 6.92 Å². The van der Waals surface area contributed by atoms with E-state index in [2.05, 4.69) is 4.72 Å². The summed E-state index contributed by atoms with van der Waals surface area (Å²) in [4.78, 5) is 11.4. The first-order valence-electron chi connectivity index (χ1n) is 5.77. The van der Waals surface area contributed by atoms with Crippen molar-refractivity contribution in [3.8, 4) is 0 Å². The van der Waals surface area contributed by atoms with Crippen LogP contribution in [0.1, 0.15) is 18.4 Å². The van der Waals surface area contributed by atoms with Crippen molar-refractivity contribution in [2.45, 2.75) is 29.5 Å². The number of sulfonamides is 1. The Kier molecular flexibility index (Phi) is 3.95. The van der Waals surface area contributed by atoms with Crippen molar-refractivity contribution >= 4 is 27.3 Å². The van der Waals surface area contributed by atoms with Crippen molar-refractivity contribution in [3.63, 3.8) is 0 Å². The van der Waals surface area contributed by atoms with E-state index >= 15 is 0 Å². The minimum Gasteiger partial charge on any atom is -0.480 e. The van der Waals surface area contributed by atoms with Gasteiger partial charge in [0, 0.05) is 6.61 Å². The maximum Gasteiger partial charge on any atom is 0.327 e. The van der Waals surface area contributed by atoms with Crippen LogP contribution in [0.4, 0.5) is 0 Å². The molecule has 106 valence electrons. The van der Waals surface area contributed by atoms with Crippen molar-refractivity contribution < 1.29 is 23.1 Å². The van der Waals surface area contributed by atoms with Crippen molar-refractivity contribution in [1.82, 2.24) is 4.72 Å². The van der Waals surface area contributed by atoms with Gasteiger partial charge in [-0.25, -0.2) is 8.42 Å². The fourth-order valence-corrected chi connectivity index (χ4v) is 4.82. The Labute approximate surface area is 115 Å². The molecule has 0 saturated carbocycles. The standard InChI is InChI=1S/C11H15NO5S2/c1-8-3-6-18-9(8)19(15,16)12-11(10(13)14)4-2-5-17-7-11/h3,6,12H,2,4-5,7H2,1H3,(H,13,14). The largest absolute Gasteiger partial charge is 0.480 e. The number of hydrogen-bond acceptors (Lipinski definition) is 5. The molecule has 1 aromatic rings. The van der Waals surface area contributed by atoms with Crippen molar-refractivity contribution in [2.24, 2.45) is 0 Å². The van der Waals surface area contributed by atoms with Crippen LogP contribution >= 0.6 is 11.3 Å². The highest BCUT2D eigenvalue weighted by Crippen LogP contribution is 2.26. The summed E-state index contributed by atoms with van der Waals surface area (Å²) >= 11 is 1.07. The van der Waals surface area contributed by atoms with E-state index in [1.54, 1.807) is 18.4 Å². The van der Waals surface area contributed by atoms with Gasteiger partial charge in [0.25, 0.3) is 10.0 Å². The Hall–Kier alpha value is -0.960. The van der Waals surface area contributed by atoms with Crippen LogP contribution in [0.3, 0.4) is 0 Å². The number of hydrogen-bond donors (Lipinski definition) is 2. The molecule has 6 nitrogen and oxygen atoms in total. The third-order valence-corrected chi connectivity index (χ3v) is 6.26. The van der Waals surface area contributed by atoms with Gasteiger partial charge in [-0.1, -0.05) is 0 Å². The molecule has 0 aromatic carbocycles. The molecule has 0 aliphatic carbocycles. The molecule has 1 atom stereocenters. The van der Waals surface area contributed by atoms with Gasteiger partial charge in [0.2, 0.25) is 0 Å². The number of carboxylic acids is 1. The van der Waals surface area contributed by atoms with Crippen molar-refractivity contribution in [2.75, 3.05) is 13.2 Å². The Morgan fingerprint density at radius 1 is 1.58 bits per heavy atom. The first-order valence-corrected chi connectivity index (χ1v) is 8.13. The second-order valence-electron chi connectivity index (χ2n) is 4.54. The van der Waals surface area contributed by atoms with Crippen LogP contribution < -0.4 is 4.72 Å². The van der Waals surface area contributed by atoms with Gasteiger partial charge in [-0.15, -0.1) is 11.3 Å². The average Bonchev–Trinajstić information content (AvgIpc) is 2.77. The van der Waals surface area contributed by atoms with E-state index in [0.717, 1.165) is 11.3 Å². The molecule has 2 rings (SSSR count). The first-order chi connectivity index (χ1) is 8.87. The number of carbonyl (C=O) groups is 1. The Morgan fingerprint density at radius 2 is 2.32 bits per heavy atom. The Morgan fingerprint density at radius 3 is 2.79 bits per heavy atom. The number of thiophene rings is 1. The zero-order valence-electron chi connectivity index (χ0n) is 10.4. The van der Waals surface area contributed by atoms with Gasteiger partial charge in [0.15, 0.2) is 5.54 Å². The Bertz CT molecular complexity index is 572. The number of nitrogens with one attached hydrogen (secondary N) is 1. The summed E-state index contributed by atoms with van der Waals surface area (Å²) < 4.78 is 32.1. The second-order valence-corrected chi connectivity index (χ2v) is 7.33. The van der Waals surface area contributed by atoms with Gasteiger partial charge in [-0.05, 0) is 36.8 Å². The fourth-order valence-electron chi connectivity index (χ4n) is 2.03. The molecule has 1 unspecified atom stereocenters. The summed E-state index contributed by atoms with van der Waals surface area (Å²) in [5, 5.41) is 11.0. The molecule has 0 amide bonds. The van der Waals surface area contributed by atoms with E-state index in [-0.39, 0.29) is 17.2 Å². The number of aliphatic carboxylic acids is 1. The molecule has 0 bridgehead atoms. The van der Waals surface area contributed by atoms with E-state index in [1.807, 2.05) is 0 Å². The predicted molar refractivity (Wildman–Crippen MR) is 69.8 cm³/mol. The molecule has 1 aromatic heterocycles. The molecule has 0 radical (unpaired) electrons. The average molecular weight is 305 g/mol. The van der Waals surface area contributed by atoms with Gasteiger partial charge in [-0.3, -0.25) is 4.79 Å². The summed E-state index contributed by atoms with van der Waals surface area (Å²) in [6.07, 6.45) is 0.740. The van der Waals surface area contributed by atoms with Gasteiger partial charge < -0.3 is 9.84 Å². The molecule has 1 fully saturated rings. The van der Waals surface area contributed by atoms with E-state index < -0.39 is 21.5 Å². The molecule has 1 saturated heterocycles. The van der Waals surface area contributed by atoms with Crippen LogP contribution in [0.15, 0.2) is 15.7 Å². The highest BCUT2D eigenvalue weighted by Gasteiger charge is 2.44. The topological polar surface area (TPSA) is 92.7 Å². The number of aryl methyl sites for hydroxylation is 1. The summed E-state index contributed by atoms with van der Waals surface area (Å²) in [5.74, 6) is -1.20. The van der Waals surface area contributed by atoms with E-state index in [1.165, 1.54) is 0 Å². The monoisotopic (exact) mass is 305 g/mol. The zero-order valence-corrected chi connectivity index (χ0v) is 12.0. The van der Waals surface area contributed by atoms with Crippen LogP contribution in [-0.2, 0) is 19.6 Å². The molecule has 8 heteroatoms. The summed E-state index contributed by atoms with van der Waals surface area (Å²) in [6.45, 7) is 1.98. The second kappa shape index (κ2) is 5.20. The van der Waals surface area contributed by atoms with Crippen LogP contribution in [0.5, 0.6) is 0 Å². The van der Waals surface area contributed by atoms with E-state index in [0.29, 0.717) is 18.6 Å². The first kappa shape index (κ1) is 14.4. The molecular weight excluding hydrogens is 290 g/mol. The van der Waals surface area contributed by atoms with Crippen LogP contribution in [0.2, 0.25) is 0 Å². The summed E-state index contributed by atoms with van der Waals surface area (Å²) in [5.41, 5.74) is -0.956. The lowest BCUT2D eigenvalue weighted by atomic mass is 9.94. The molecule has 2 heterocycles. The summed E-state index contributed by atoms with van der Waals surface area (Å²) in [7, 11) is -3.84. The highest BCUT2D eigenvalue weighted by atomic mass is 32.2. The van der Waals surface area contributed by atoms with E-state index in [9.17, 15) is 18.3 Å². The third kappa shape index (κ3) is 2.81. The molecule has 1 aliphatic heterocycles. The number of rotatable bonds is 4. The van der Waals surface area contributed by atoms with Gasteiger partial charge >= 0.3 is 5.97 Å². The Balaban J connectivity index is 2.32. The van der Waals surface area contributed by atoms with Crippen molar-refractivity contribution in [1.29, 1.82) is 0 Å². The lowest BCUT2D eigenvalue weighted by molar-refractivity contribution is -0.149. The highest BCUT2D eigenvalue weighted by molar-refractivity contribution is 7.91. The third-order valence-electron chi connectivity index (χ3n) is 3.04. The lowest BCUT2D eigenvalue weighted by Gasteiger charge is -2.33. The zero-order chi connectivity index (χ0) is 14.1. The SMILES string of the molecule is Cc1ccsc1S(=O)(=O)NC1(C(=O)O)CCCOC1. The quantitative estimate of drug-likeness (QED) is 0.864. The lowest BCUT2D eigenvalue weighted by Crippen LogP contribution is -2.59. The van der Waals surface area contributed by atoms with Crippen molar-refractivity contribution in [3.05, 3.63) is 17.0 Å². The normalized spacial score (nSPS) is 24.3. The minimum atomic E-state index is -3.84. The number of ether oxygens (including phenoxy) is 1. The maximum absolute atomic E-state index is 12.3. The molecule has 19 heavy (non-hydrogen) atoms. The van der Waals surface area contributed by atoms with Crippen LogP contribution in [-0.4, -0.2) is 38.2 Å². The van der Waals surface area contributed by atoms with Gasteiger partial charge in [-0.2, -0.15) is 4.72 Å². The fraction of sp³-hybridized carbons (Fsp3) is 0.545. The molecular formula is C11H15NO5S2. The maximum atomic E-state index is 12.3. The summed E-state index contributed by atoms with van der Waals surface area (Å²) in [6, 6.07) is 1.68.